The Bertz CT molecular complexity index is 550. The van der Waals surface area contributed by atoms with E-state index in [-0.39, 0.29) is 17.4 Å². The molecule has 0 saturated carbocycles. The number of hydrogen-bond acceptors (Lipinski definition) is 4. The molecule has 1 fully saturated rings. The topological polar surface area (TPSA) is 58.6 Å². The van der Waals surface area contributed by atoms with Gasteiger partial charge in [-0.1, -0.05) is 13.3 Å². The zero-order valence-corrected chi connectivity index (χ0v) is 15.0. The second kappa shape index (κ2) is 7.93. The predicted octanol–water partition coefficient (Wildman–Crippen LogP) is 2.81. The summed E-state index contributed by atoms with van der Waals surface area (Å²) in [5, 5.41) is 2.77. The number of amides is 2. The predicted molar refractivity (Wildman–Crippen MR) is 91.6 cm³/mol. The molecular formula is C17H26N2O3S. The number of hydrogen-bond donors (Lipinski definition) is 1. The third kappa shape index (κ3) is 4.12. The molecule has 1 aromatic heterocycles. The first-order chi connectivity index (χ1) is 11.0. The lowest BCUT2D eigenvalue weighted by Gasteiger charge is -2.38. The number of methoxy groups -OCH3 is 1. The molecule has 2 amide bonds. The van der Waals surface area contributed by atoms with Crippen molar-refractivity contribution < 1.29 is 14.3 Å². The van der Waals surface area contributed by atoms with Crippen LogP contribution in [-0.4, -0.2) is 42.5 Å². The number of nitrogens with one attached hydrogen (secondary N) is 1. The van der Waals surface area contributed by atoms with Crippen molar-refractivity contribution in [1.82, 2.24) is 10.2 Å². The van der Waals surface area contributed by atoms with Gasteiger partial charge in [-0.15, -0.1) is 11.3 Å². The van der Waals surface area contributed by atoms with Gasteiger partial charge in [-0.05, 0) is 31.4 Å². The lowest BCUT2D eigenvalue weighted by atomic mass is 9.91. The lowest BCUT2D eigenvalue weighted by Crippen LogP contribution is -2.50. The third-order valence-corrected chi connectivity index (χ3v) is 5.43. The lowest BCUT2D eigenvalue weighted by molar-refractivity contribution is -0.119. The summed E-state index contributed by atoms with van der Waals surface area (Å²) in [5.41, 5.74) is -0.164. The van der Waals surface area contributed by atoms with Crippen LogP contribution in [0.25, 0.3) is 0 Å². The molecule has 0 aliphatic carbocycles. The highest BCUT2D eigenvalue weighted by atomic mass is 32.1. The molecule has 2 rings (SSSR count). The average Bonchev–Trinajstić information content (AvgIpc) is 3.12. The van der Waals surface area contributed by atoms with Crippen molar-refractivity contribution in [3.8, 4) is 0 Å². The van der Waals surface area contributed by atoms with Crippen LogP contribution < -0.4 is 5.32 Å². The van der Waals surface area contributed by atoms with Crippen molar-refractivity contribution in [2.24, 2.45) is 0 Å². The molecule has 1 aromatic rings. The SMILES string of the molecule is CCC[C@]1(COC)CCCN1C(=O)c1ccc(CNC(C)=O)s1. The third-order valence-electron chi connectivity index (χ3n) is 4.35. The molecule has 0 bridgehead atoms. The fourth-order valence-corrected chi connectivity index (χ4v) is 4.30. The summed E-state index contributed by atoms with van der Waals surface area (Å²) in [4.78, 5) is 27.7. The van der Waals surface area contributed by atoms with Crippen LogP contribution in [0.2, 0.25) is 0 Å². The molecule has 23 heavy (non-hydrogen) atoms. The van der Waals surface area contributed by atoms with Crippen LogP contribution in [0.1, 0.15) is 54.1 Å². The van der Waals surface area contributed by atoms with E-state index >= 15 is 0 Å². The molecule has 1 aliphatic rings. The zero-order valence-electron chi connectivity index (χ0n) is 14.2. The quantitative estimate of drug-likeness (QED) is 0.832. The molecule has 5 nitrogen and oxygen atoms in total. The van der Waals surface area contributed by atoms with E-state index in [1.165, 1.54) is 18.3 Å². The Labute approximate surface area is 142 Å². The van der Waals surface area contributed by atoms with Crippen LogP contribution >= 0.6 is 11.3 Å². The molecule has 1 atom stereocenters. The number of carbonyl (C=O) groups excluding carboxylic acids is 2. The van der Waals surface area contributed by atoms with Gasteiger partial charge in [0, 0.05) is 25.5 Å². The first kappa shape index (κ1) is 17.9. The Morgan fingerprint density at radius 3 is 2.87 bits per heavy atom. The monoisotopic (exact) mass is 338 g/mol. The largest absolute Gasteiger partial charge is 0.382 e. The second-order valence-electron chi connectivity index (χ2n) is 6.14. The minimum Gasteiger partial charge on any atom is -0.382 e. The van der Waals surface area contributed by atoms with E-state index in [4.69, 9.17) is 4.74 Å². The number of nitrogens with zero attached hydrogens (tertiary/aromatic N) is 1. The fraction of sp³-hybridized carbons (Fsp3) is 0.647. The van der Waals surface area contributed by atoms with Crippen LogP contribution in [0.3, 0.4) is 0 Å². The molecule has 0 radical (unpaired) electrons. The average molecular weight is 338 g/mol. The second-order valence-corrected chi connectivity index (χ2v) is 7.31. The van der Waals surface area contributed by atoms with E-state index in [0.717, 1.165) is 42.0 Å². The van der Waals surface area contributed by atoms with Crippen molar-refractivity contribution in [2.45, 2.75) is 51.6 Å². The van der Waals surface area contributed by atoms with E-state index in [1.54, 1.807) is 7.11 Å². The van der Waals surface area contributed by atoms with Crippen molar-refractivity contribution in [1.29, 1.82) is 0 Å². The smallest absolute Gasteiger partial charge is 0.264 e. The first-order valence-electron chi connectivity index (χ1n) is 8.16. The summed E-state index contributed by atoms with van der Waals surface area (Å²) in [6.45, 7) is 5.51. The van der Waals surface area contributed by atoms with E-state index < -0.39 is 0 Å². The molecular weight excluding hydrogens is 312 g/mol. The van der Waals surface area contributed by atoms with Crippen molar-refractivity contribution in [3.63, 3.8) is 0 Å². The molecule has 1 N–H and O–H groups in total. The Morgan fingerprint density at radius 2 is 2.22 bits per heavy atom. The summed E-state index contributed by atoms with van der Waals surface area (Å²) in [5.74, 6) is 0.0277. The van der Waals surface area contributed by atoms with Crippen molar-refractivity contribution >= 4 is 23.2 Å². The number of likely N-dealkylation sites (tertiary alicyclic amines) is 1. The molecule has 128 valence electrons. The molecule has 1 aliphatic heterocycles. The van der Waals surface area contributed by atoms with Gasteiger partial charge in [-0.25, -0.2) is 0 Å². The van der Waals surface area contributed by atoms with Gasteiger partial charge in [0.05, 0.1) is 23.6 Å². The number of thiophene rings is 1. The first-order valence-corrected chi connectivity index (χ1v) is 8.98. The summed E-state index contributed by atoms with van der Waals surface area (Å²) >= 11 is 1.46. The molecule has 0 unspecified atom stereocenters. The highest BCUT2D eigenvalue weighted by Gasteiger charge is 2.43. The normalized spacial score (nSPS) is 20.7. The Balaban J connectivity index is 2.13. The molecule has 0 spiro atoms. The van der Waals surface area contributed by atoms with E-state index in [9.17, 15) is 9.59 Å². The van der Waals surface area contributed by atoms with Gasteiger partial charge in [0.25, 0.3) is 5.91 Å². The summed E-state index contributed by atoms with van der Waals surface area (Å²) in [6.07, 6.45) is 4.03. The van der Waals surface area contributed by atoms with Gasteiger partial charge in [0.2, 0.25) is 5.91 Å². The maximum atomic E-state index is 13.0. The van der Waals surface area contributed by atoms with Gasteiger partial charge in [0.1, 0.15) is 0 Å². The highest BCUT2D eigenvalue weighted by Crippen LogP contribution is 2.36. The maximum absolute atomic E-state index is 13.0. The van der Waals surface area contributed by atoms with Gasteiger partial charge in [-0.3, -0.25) is 9.59 Å². The van der Waals surface area contributed by atoms with Gasteiger partial charge >= 0.3 is 0 Å². The molecule has 1 saturated heterocycles. The van der Waals surface area contributed by atoms with E-state index in [1.807, 2.05) is 17.0 Å². The van der Waals surface area contributed by atoms with Crippen molar-refractivity contribution in [3.05, 3.63) is 21.9 Å². The van der Waals surface area contributed by atoms with Gasteiger partial charge in [0.15, 0.2) is 0 Å². The fourth-order valence-electron chi connectivity index (χ4n) is 3.40. The Kier molecular flexibility index (Phi) is 6.18. The number of rotatable bonds is 7. The highest BCUT2D eigenvalue weighted by molar-refractivity contribution is 7.14. The van der Waals surface area contributed by atoms with Crippen molar-refractivity contribution in [2.75, 3.05) is 20.3 Å². The van der Waals surface area contributed by atoms with Gasteiger partial charge < -0.3 is 15.0 Å². The van der Waals surface area contributed by atoms with E-state index in [0.29, 0.717) is 13.2 Å². The molecule has 2 heterocycles. The Hall–Kier alpha value is -1.40. The standard InChI is InChI=1S/C17H26N2O3S/c1-4-8-17(12-22-3)9-5-10-19(17)16(21)15-7-6-14(23-15)11-18-13(2)20/h6-7H,4-5,8-12H2,1-3H3,(H,18,20)/t17-/m1/s1. The summed E-state index contributed by atoms with van der Waals surface area (Å²) in [6, 6.07) is 3.79. The van der Waals surface area contributed by atoms with Crippen LogP contribution in [-0.2, 0) is 16.1 Å². The number of carbonyl (C=O) groups is 2. The van der Waals surface area contributed by atoms with Crippen LogP contribution in [0.15, 0.2) is 12.1 Å². The summed E-state index contributed by atoms with van der Waals surface area (Å²) < 4.78 is 5.43. The van der Waals surface area contributed by atoms with E-state index in [2.05, 4.69) is 12.2 Å². The maximum Gasteiger partial charge on any atom is 0.264 e. The zero-order chi connectivity index (χ0) is 16.9. The van der Waals surface area contributed by atoms with Gasteiger partial charge in [-0.2, -0.15) is 0 Å². The minimum absolute atomic E-state index is 0.0622. The Morgan fingerprint density at radius 1 is 1.43 bits per heavy atom. The molecule has 0 aromatic carbocycles. The van der Waals surface area contributed by atoms with Crippen LogP contribution in [0.4, 0.5) is 0 Å². The van der Waals surface area contributed by atoms with Crippen LogP contribution in [0.5, 0.6) is 0 Å². The summed E-state index contributed by atoms with van der Waals surface area (Å²) in [7, 11) is 1.70. The molecule has 6 heteroatoms. The minimum atomic E-state index is -0.164. The number of ether oxygens (including phenoxy) is 1. The van der Waals surface area contributed by atoms with Crippen LogP contribution in [0, 0.1) is 0 Å².